The summed E-state index contributed by atoms with van der Waals surface area (Å²) in [5.41, 5.74) is 1.84. The summed E-state index contributed by atoms with van der Waals surface area (Å²) in [7, 11) is 1.28. The predicted molar refractivity (Wildman–Crippen MR) is 94.5 cm³/mol. The molecule has 0 aliphatic carbocycles. The third-order valence-corrected chi connectivity index (χ3v) is 3.55. The van der Waals surface area contributed by atoms with Crippen molar-refractivity contribution in [2.75, 3.05) is 7.11 Å². The van der Waals surface area contributed by atoms with E-state index in [1.807, 2.05) is 48.6 Å². The number of esters is 1. The van der Waals surface area contributed by atoms with Crippen molar-refractivity contribution in [3.8, 4) is 6.07 Å². The summed E-state index contributed by atoms with van der Waals surface area (Å²) in [6.45, 7) is 0. The van der Waals surface area contributed by atoms with Gasteiger partial charge in [0.05, 0.1) is 18.7 Å². The lowest BCUT2D eigenvalue weighted by molar-refractivity contribution is -0.142. The van der Waals surface area contributed by atoms with Crippen molar-refractivity contribution in [3.63, 3.8) is 0 Å². The van der Waals surface area contributed by atoms with E-state index in [-0.39, 0.29) is 0 Å². The number of amides is 1. The number of methoxy groups -OCH3 is 1. The van der Waals surface area contributed by atoms with Crippen molar-refractivity contribution in [2.45, 2.75) is 12.5 Å². The monoisotopic (exact) mass is 334 g/mol. The molecule has 0 spiro atoms. The van der Waals surface area contributed by atoms with Gasteiger partial charge in [-0.3, -0.25) is 4.79 Å². The molecule has 5 heteroatoms. The van der Waals surface area contributed by atoms with Crippen molar-refractivity contribution >= 4 is 18.0 Å². The van der Waals surface area contributed by atoms with Crippen LogP contribution in [0.25, 0.3) is 6.08 Å². The van der Waals surface area contributed by atoms with Crippen LogP contribution in [0.5, 0.6) is 0 Å². The summed E-state index contributed by atoms with van der Waals surface area (Å²) in [6.07, 6.45) is 4.00. The summed E-state index contributed by atoms with van der Waals surface area (Å²) < 4.78 is 4.76. The summed E-state index contributed by atoms with van der Waals surface area (Å²) in [6, 6.07) is 17.1. The molecule has 2 aromatic carbocycles. The molecule has 0 aliphatic rings. The smallest absolute Gasteiger partial charge is 0.328 e. The van der Waals surface area contributed by atoms with Crippen LogP contribution in [0.15, 0.2) is 60.7 Å². The van der Waals surface area contributed by atoms with Crippen LogP contribution in [0, 0.1) is 11.3 Å². The molecule has 0 heterocycles. The number of carbonyl (C=O) groups excluding carboxylic acids is 2. The Morgan fingerprint density at radius 2 is 1.84 bits per heavy atom. The Morgan fingerprint density at radius 3 is 2.44 bits per heavy atom. The van der Waals surface area contributed by atoms with Crippen molar-refractivity contribution < 1.29 is 14.3 Å². The molecule has 0 saturated carbocycles. The number of nitrogens with zero attached hydrogens (tertiary/aromatic N) is 1. The average Bonchev–Trinajstić information content (AvgIpc) is 2.67. The van der Waals surface area contributed by atoms with E-state index < -0.39 is 17.9 Å². The molecule has 2 aromatic rings. The maximum absolute atomic E-state index is 12.3. The van der Waals surface area contributed by atoms with Crippen LogP contribution in [0.2, 0.25) is 0 Å². The third kappa shape index (κ3) is 5.33. The third-order valence-electron chi connectivity index (χ3n) is 3.55. The average molecular weight is 334 g/mol. The number of hydrogen-bond acceptors (Lipinski definition) is 4. The predicted octanol–water partition coefficient (Wildman–Crippen LogP) is 2.93. The molecule has 0 fully saturated rings. The van der Waals surface area contributed by atoms with Crippen LogP contribution in [-0.2, 0) is 9.53 Å². The first-order chi connectivity index (χ1) is 12.1. The molecule has 0 saturated heterocycles. The largest absolute Gasteiger partial charge is 0.467 e. The lowest BCUT2D eigenvalue weighted by atomic mass is 10.1. The van der Waals surface area contributed by atoms with Gasteiger partial charge in [0, 0.05) is 5.56 Å². The van der Waals surface area contributed by atoms with Crippen molar-refractivity contribution in [3.05, 3.63) is 77.4 Å². The molecule has 0 aliphatic heterocycles. The first-order valence-electron chi connectivity index (χ1n) is 7.74. The highest BCUT2D eigenvalue weighted by Gasteiger charge is 2.20. The SMILES string of the molecule is COC(=O)[C@H](C/C=C/c1ccccc1)NC(=O)c1ccc(C#N)cc1. The number of nitriles is 1. The minimum absolute atomic E-state index is 0.309. The fourth-order valence-electron chi connectivity index (χ4n) is 2.20. The lowest BCUT2D eigenvalue weighted by Crippen LogP contribution is -2.41. The fraction of sp³-hybridized carbons (Fsp3) is 0.150. The number of ether oxygens (including phenoxy) is 1. The van der Waals surface area contributed by atoms with Crippen LogP contribution in [-0.4, -0.2) is 25.0 Å². The molecule has 126 valence electrons. The van der Waals surface area contributed by atoms with Gasteiger partial charge in [0.1, 0.15) is 6.04 Å². The van der Waals surface area contributed by atoms with Gasteiger partial charge in [-0.05, 0) is 36.2 Å². The summed E-state index contributed by atoms with van der Waals surface area (Å²) in [5, 5.41) is 11.4. The van der Waals surface area contributed by atoms with E-state index in [1.165, 1.54) is 7.11 Å². The molecule has 2 rings (SSSR count). The highest BCUT2D eigenvalue weighted by Crippen LogP contribution is 2.07. The minimum atomic E-state index is -0.784. The van der Waals surface area contributed by atoms with Crippen LogP contribution in [0.1, 0.15) is 27.9 Å². The van der Waals surface area contributed by atoms with Gasteiger partial charge in [0.25, 0.3) is 5.91 Å². The number of hydrogen-bond donors (Lipinski definition) is 1. The summed E-state index contributed by atoms with van der Waals surface area (Å²) >= 11 is 0. The Bertz CT molecular complexity index is 790. The topological polar surface area (TPSA) is 79.2 Å². The highest BCUT2D eigenvalue weighted by molar-refractivity contribution is 5.96. The second-order valence-electron chi connectivity index (χ2n) is 5.29. The van der Waals surface area contributed by atoms with E-state index in [2.05, 4.69) is 5.32 Å². The van der Waals surface area contributed by atoms with Gasteiger partial charge in [0.2, 0.25) is 0 Å². The standard InChI is InChI=1S/C20H18N2O3/c1-25-20(24)18(9-5-8-15-6-3-2-4-7-15)22-19(23)17-12-10-16(14-21)11-13-17/h2-8,10-13,18H,9H2,1H3,(H,22,23)/b8-5+/t18-/m0/s1. The number of carbonyl (C=O) groups is 2. The van der Waals surface area contributed by atoms with Gasteiger partial charge >= 0.3 is 5.97 Å². The van der Waals surface area contributed by atoms with Crippen LogP contribution >= 0.6 is 0 Å². The van der Waals surface area contributed by atoms with Gasteiger partial charge in [-0.1, -0.05) is 42.5 Å². The Morgan fingerprint density at radius 1 is 1.16 bits per heavy atom. The molecule has 0 radical (unpaired) electrons. The number of benzene rings is 2. The Kier molecular flexibility index (Phi) is 6.49. The maximum Gasteiger partial charge on any atom is 0.328 e. The maximum atomic E-state index is 12.3. The molecule has 5 nitrogen and oxygen atoms in total. The van der Waals surface area contributed by atoms with E-state index in [9.17, 15) is 9.59 Å². The van der Waals surface area contributed by atoms with E-state index in [4.69, 9.17) is 10.00 Å². The first kappa shape index (κ1) is 18.0. The second-order valence-corrected chi connectivity index (χ2v) is 5.29. The molecular weight excluding hydrogens is 316 g/mol. The van der Waals surface area contributed by atoms with E-state index in [0.29, 0.717) is 17.5 Å². The first-order valence-corrected chi connectivity index (χ1v) is 7.74. The van der Waals surface area contributed by atoms with Gasteiger partial charge in [0.15, 0.2) is 0 Å². The summed E-state index contributed by atoms with van der Waals surface area (Å²) in [4.78, 5) is 24.2. The fourth-order valence-corrected chi connectivity index (χ4v) is 2.20. The quantitative estimate of drug-likeness (QED) is 0.824. The van der Waals surface area contributed by atoms with Crippen molar-refractivity contribution in [1.82, 2.24) is 5.32 Å². The molecule has 1 atom stereocenters. The van der Waals surface area contributed by atoms with Gasteiger partial charge < -0.3 is 10.1 Å². The van der Waals surface area contributed by atoms with Crippen LogP contribution < -0.4 is 5.32 Å². The van der Waals surface area contributed by atoms with Crippen LogP contribution in [0.4, 0.5) is 0 Å². The second kappa shape index (κ2) is 9.04. The highest BCUT2D eigenvalue weighted by atomic mass is 16.5. The molecular formula is C20H18N2O3. The summed E-state index contributed by atoms with van der Waals surface area (Å²) in [5.74, 6) is -0.910. The van der Waals surface area contributed by atoms with Crippen molar-refractivity contribution in [1.29, 1.82) is 5.26 Å². The minimum Gasteiger partial charge on any atom is -0.467 e. The van der Waals surface area contributed by atoms with E-state index in [0.717, 1.165) is 5.56 Å². The van der Waals surface area contributed by atoms with Gasteiger partial charge in [-0.2, -0.15) is 5.26 Å². The van der Waals surface area contributed by atoms with Crippen molar-refractivity contribution in [2.24, 2.45) is 0 Å². The van der Waals surface area contributed by atoms with Gasteiger partial charge in [-0.25, -0.2) is 4.79 Å². The van der Waals surface area contributed by atoms with Gasteiger partial charge in [-0.15, -0.1) is 0 Å². The molecule has 0 bridgehead atoms. The Balaban J connectivity index is 2.04. The zero-order chi connectivity index (χ0) is 18.1. The Labute approximate surface area is 146 Å². The lowest BCUT2D eigenvalue weighted by Gasteiger charge is -2.15. The molecule has 1 amide bonds. The molecule has 25 heavy (non-hydrogen) atoms. The molecule has 0 aromatic heterocycles. The molecule has 1 N–H and O–H groups in total. The van der Waals surface area contributed by atoms with E-state index in [1.54, 1.807) is 24.3 Å². The zero-order valence-electron chi connectivity index (χ0n) is 13.8. The zero-order valence-corrected chi connectivity index (χ0v) is 13.8. The number of nitrogens with one attached hydrogen (secondary N) is 1. The number of rotatable bonds is 6. The Hall–Kier alpha value is -3.39. The van der Waals surface area contributed by atoms with E-state index >= 15 is 0 Å². The normalized spacial score (nSPS) is 11.5. The van der Waals surface area contributed by atoms with Crippen LogP contribution in [0.3, 0.4) is 0 Å². The molecule has 0 unspecified atom stereocenters.